The summed E-state index contributed by atoms with van der Waals surface area (Å²) in [6.07, 6.45) is 3.20. The van der Waals surface area contributed by atoms with Crippen molar-refractivity contribution in [3.63, 3.8) is 0 Å². The summed E-state index contributed by atoms with van der Waals surface area (Å²) in [5.74, 6) is 0.891. The van der Waals surface area contributed by atoms with Crippen molar-refractivity contribution in [2.24, 2.45) is 0 Å². The zero-order chi connectivity index (χ0) is 15.0. The Kier molecular flexibility index (Phi) is 7.97. The first kappa shape index (κ1) is 17.3. The number of hydrogen-bond acceptors (Lipinski definition) is 3. The van der Waals surface area contributed by atoms with Crippen LogP contribution in [-0.2, 0) is 11.2 Å². The molecule has 0 saturated carbocycles. The number of methoxy groups -OCH3 is 2. The minimum atomic E-state index is 0.231. The third kappa shape index (κ3) is 5.70. The fourth-order valence-corrected chi connectivity index (χ4v) is 2.45. The molecule has 0 aliphatic carbocycles. The van der Waals surface area contributed by atoms with E-state index in [9.17, 15) is 0 Å². The Morgan fingerprint density at radius 2 is 2.05 bits per heavy atom. The number of hydrogen-bond donors (Lipinski definition) is 1. The second-order valence-corrected chi connectivity index (χ2v) is 5.53. The largest absolute Gasteiger partial charge is 0.496 e. The molecule has 0 spiro atoms. The molecule has 0 aromatic heterocycles. The van der Waals surface area contributed by atoms with Gasteiger partial charge in [0, 0.05) is 18.2 Å². The van der Waals surface area contributed by atoms with Crippen molar-refractivity contribution in [2.45, 2.75) is 45.3 Å². The Labute approximate surface area is 127 Å². The lowest BCUT2D eigenvalue weighted by Gasteiger charge is -2.22. The van der Waals surface area contributed by atoms with Crippen LogP contribution in [-0.4, -0.2) is 32.9 Å². The minimum Gasteiger partial charge on any atom is -0.496 e. The van der Waals surface area contributed by atoms with Gasteiger partial charge >= 0.3 is 0 Å². The first-order valence-corrected chi connectivity index (χ1v) is 7.57. The van der Waals surface area contributed by atoms with Gasteiger partial charge in [0.1, 0.15) is 5.75 Å². The zero-order valence-corrected chi connectivity index (χ0v) is 13.7. The van der Waals surface area contributed by atoms with Gasteiger partial charge < -0.3 is 14.8 Å². The van der Waals surface area contributed by atoms with Gasteiger partial charge in [-0.2, -0.15) is 0 Å². The molecule has 2 unspecified atom stereocenters. The van der Waals surface area contributed by atoms with Gasteiger partial charge in [0.05, 0.1) is 13.2 Å². The molecule has 1 N–H and O–H groups in total. The lowest BCUT2D eigenvalue weighted by molar-refractivity contribution is 0.100. The highest BCUT2D eigenvalue weighted by molar-refractivity contribution is 6.30. The Morgan fingerprint density at radius 3 is 2.65 bits per heavy atom. The summed E-state index contributed by atoms with van der Waals surface area (Å²) in [5, 5.41) is 4.32. The molecule has 2 atom stereocenters. The van der Waals surface area contributed by atoms with E-state index in [4.69, 9.17) is 21.1 Å². The minimum absolute atomic E-state index is 0.231. The Morgan fingerprint density at radius 1 is 1.30 bits per heavy atom. The monoisotopic (exact) mass is 299 g/mol. The third-order valence-corrected chi connectivity index (χ3v) is 3.65. The van der Waals surface area contributed by atoms with Gasteiger partial charge in [-0.3, -0.25) is 0 Å². The SMILES string of the molecule is CCCNC(Cc1cc(Cl)ccc1OC)CC(C)OC. The fraction of sp³-hybridized carbons (Fsp3) is 0.625. The molecular formula is C16H26ClNO2. The average Bonchev–Trinajstić information content (AvgIpc) is 2.44. The molecule has 0 fully saturated rings. The second kappa shape index (κ2) is 9.22. The summed E-state index contributed by atoms with van der Waals surface area (Å²) >= 11 is 6.09. The molecule has 0 aliphatic heterocycles. The van der Waals surface area contributed by atoms with E-state index in [1.807, 2.05) is 18.2 Å². The number of rotatable bonds is 9. The highest BCUT2D eigenvalue weighted by Gasteiger charge is 2.15. The van der Waals surface area contributed by atoms with Crippen molar-refractivity contribution in [3.8, 4) is 5.75 Å². The van der Waals surface area contributed by atoms with Crippen LogP contribution >= 0.6 is 11.6 Å². The Balaban J connectivity index is 2.79. The predicted octanol–water partition coefficient (Wildman–Crippen LogP) is 3.68. The van der Waals surface area contributed by atoms with Crippen LogP contribution < -0.4 is 10.1 Å². The summed E-state index contributed by atoms with van der Waals surface area (Å²) < 4.78 is 10.8. The van der Waals surface area contributed by atoms with Crippen LogP contribution in [0.15, 0.2) is 18.2 Å². The second-order valence-electron chi connectivity index (χ2n) is 5.09. The Hall–Kier alpha value is -0.770. The van der Waals surface area contributed by atoms with Crippen LogP contribution in [0.3, 0.4) is 0 Å². The maximum atomic E-state index is 6.09. The van der Waals surface area contributed by atoms with Crippen LogP contribution in [0.2, 0.25) is 5.02 Å². The molecule has 20 heavy (non-hydrogen) atoms. The van der Waals surface area contributed by atoms with Crippen molar-refractivity contribution >= 4 is 11.6 Å². The van der Waals surface area contributed by atoms with Crippen molar-refractivity contribution in [3.05, 3.63) is 28.8 Å². The third-order valence-electron chi connectivity index (χ3n) is 3.41. The number of ether oxygens (including phenoxy) is 2. The molecular weight excluding hydrogens is 274 g/mol. The predicted molar refractivity (Wildman–Crippen MR) is 84.9 cm³/mol. The van der Waals surface area contributed by atoms with E-state index in [0.717, 1.165) is 42.1 Å². The van der Waals surface area contributed by atoms with Crippen LogP contribution in [0.4, 0.5) is 0 Å². The van der Waals surface area contributed by atoms with Gasteiger partial charge in [-0.25, -0.2) is 0 Å². The quantitative estimate of drug-likeness (QED) is 0.754. The number of halogens is 1. The van der Waals surface area contributed by atoms with Crippen LogP contribution in [0.25, 0.3) is 0 Å². The molecule has 0 radical (unpaired) electrons. The lowest BCUT2D eigenvalue weighted by Crippen LogP contribution is -2.35. The summed E-state index contributed by atoms with van der Waals surface area (Å²) in [4.78, 5) is 0. The summed E-state index contributed by atoms with van der Waals surface area (Å²) in [6.45, 7) is 5.27. The molecule has 4 heteroatoms. The van der Waals surface area contributed by atoms with Gasteiger partial charge in [-0.1, -0.05) is 18.5 Å². The molecule has 0 aliphatic rings. The van der Waals surface area contributed by atoms with E-state index in [2.05, 4.69) is 19.2 Å². The van der Waals surface area contributed by atoms with E-state index >= 15 is 0 Å². The van der Waals surface area contributed by atoms with Crippen LogP contribution in [0.1, 0.15) is 32.3 Å². The van der Waals surface area contributed by atoms with Crippen molar-refractivity contribution in [1.82, 2.24) is 5.32 Å². The molecule has 1 aromatic carbocycles. The van der Waals surface area contributed by atoms with Gasteiger partial charge in [-0.15, -0.1) is 0 Å². The maximum absolute atomic E-state index is 6.09. The molecule has 0 heterocycles. The molecule has 0 saturated heterocycles. The fourth-order valence-electron chi connectivity index (χ4n) is 2.26. The standard InChI is InChI=1S/C16H26ClNO2/c1-5-8-18-15(9-12(2)19-3)11-13-10-14(17)6-7-16(13)20-4/h6-7,10,12,15,18H,5,8-9,11H2,1-4H3. The van der Waals surface area contributed by atoms with Crippen molar-refractivity contribution in [1.29, 1.82) is 0 Å². The summed E-state index contributed by atoms with van der Waals surface area (Å²) in [7, 11) is 3.44. The molecule has 0 amide bonds. The number of nitrogens with one attached hydrogen (secondary N) is 1. The van der Waals surface area contributed by atoms with Gasteiger partial charge in [0.15, 0.2) is 0 Å². The van der Waals surface area contributed by atoms with Crippen LogP contribution in [0.5, 0.6) is 5.75 Å². The van der Waals surface area contributed by atoms with Crippen LogP contribution in [0, 0.1) is 0 Å². The summed E-state index contributed by atoms with van der Waals surface area (Å²) in [6, 6.07) is 6.13. The smallest absolute Gasteiger partial charge is 0.122 e. The van der Waals surface area contributed by atoms with E-state index in [1.54, 1.807) is 14.2 Å². The van der Waals surface area contributed by atoms with Crippen molar-refractivity contribution < 1.29 is 9.47 Å². The maximum Gasteiger partial charge on any atom is 0.122 e. The van der Waals surface area contributed by atoms with E-state index in [-0.39, 0.29) is 6.10 Å². The first-order chi connectivity index (χ1) is 9.60. The van der Waals surface area contributed by atoms with E-state index in [1.165, 1.54) is 0 Å². The zero-order valence-electron chi connectivity index (χ0n) is 12.9. The van der Waals surface area contributed by atoms with Crippen molar-refractivity contribution in [2.75, 3.05) is 20.8 Å². The molecule has 114 valence electrons. The van der Waals surface area contributed by atoms with Gasteiger partial charge in [-0.05, 0) is 56.5 Å². The average molecular weight is 300 g/mol. The molecule has 1 aromatic rings. The lowest BCUT2D eigenvalue weighted by atomic mass is 10.00. The van der Waals surface area contributed by atoms with E-state index in [0.29, 0.717) is 6.04 Å². The first-order valence-electron chi connectivity index (χ1n) is 7.19. The summed E-state index contributed by atoms with van der Waals surface area (Å²) in [5.41, 5.74) is 1.14. The van der Waals surface area contributed by atoms with E-state index < -0.39 is 0 Å². The number of benzene rings is 1. The molecule has 1 rings (SSSR count). The molecule has 3 nitrogen and oxygen atoms in total. The van der Waals surface area contributed by atoms with Gasteiger partial charge in [0.25, 0.3) is 0 Å². The highest BCUT2D eigenvalue weighted by Crippen LogP contribution is 2.24. The van der Waals surface area contributed by atoms with Gasteiger partial charge in [0.2, 0.25) is 0 Å². The normalized spacial score (nSPS) is 14.1. The Bertz CT molecular complexity index is 398. The topological polar surface area (TPSA) is 30.5 Å². The molecule has 0 bridgehead atoms. The highest BCUT2D eigenvalue weighted by atomic mass is 35.5.